The second-order valence-electron chi connectivity index (χ2n) is 5.68. The molecule has 1 amide bonds. The summed E-state index contributed by atoms with van der Waals surface area (Å²) in [6.45, 7) is 0.234. The number of hydrogen-bond acceptors (Lipinski definition) is 4. The van der Waals surface area contributed by atoms with Gasteiger partial charge in [0.2, 0.25) is 11.5 Å². The van der Waals surface area contributed by atoms with Crippen molar-refractivity contribution >= 4 is 33.7 Å². The molecule has 2 heterocycles. The molecule has 0 aliphatic heterocycles. The zero-order valence-corrected chi connectivity index (χ0v) is 13.3. The van der Waals surface area contributed by atoms with Crippen LogP contribution in [0.4, 0.5) is 5.69 Å². The first-order valence-electron chi connectivity index (χ1n) is 7.94. The Kier molecular flexibility index (Phi) is 3.78. The number of anilines is 1. The molecule has 4 rings (SSSR count). The van der Waals surface area contributed by atoms with E-state index in [4.69, 9.17) is 4.42 Å². The predicted molar refractivity (Wildman–Crippen MR) is 95.5 cm³/mol. The summed E-state index contributed by atoms with van der Waals surface area (Å²) < 4.78 is 7.03. The summed E-state index contributed by atoms with van der Waals surface area (Å²) in [5, 5.41) is 3.60. The van der Waals surface area contributed by atoms with Gasteiger partial charge >= 0.3 is 0 Å². The van der Waals surface area contributed by atoms with Crippen molar-refractivity contribution < 1.29 is 9.21 Å². The summed E-state index contributed by atoms with van der Waals surface area (Å²) >= 11 is 0. The Labute approximate surface area is 142 Å². The van der Waals surface area contributed by atoms with E-state index in [1.54, 1.807) is 6.07 Å². The quantitative estimate of drug-likeness (QED) is 0.622. The highest BCUT2D eigenvalue weighted by Crippen LogP contribution is 2.24. The fourth-order valence-corrected chi connectivity index (χ4v) is 2.74. The van der Waals surface area contributed by atoms with Crippen LogP contribution >= 0.6 is 0 Å². The number of aryl methyl sites for hydroxylation is 1. The van der Waals surface area contributed by atoms with E-state index >= 15 is 0 Å². The molecule has 0 saturated carbocycles. The minimum atomic E-state index is -0.284. The minimum Gasteiger partial charge on any atom is -0.448 e. The lowest BCUT2D eigenvalue weighted by Crippen LogP contribution is -2.23. The van der Waals surface area contributed by atoms with Crippen LogP contribution in [-0.4, -0.2) is 15.5 Å². The largest absolute Gasteiger partial charge is 0.448 e. The molecule has 0 atom stereocenters. The standard InChI is InChI=1S/C19H15N3O3/c23-16(21-13-6-2-1-3-7-13)10-11-22-12-20-17-14-8-4-5-9-15(14)25-18(17)19(22)24/h1-9,12H,10-11H2,(H,21,23). The van der Waals surface area contributed by atoms with Gasteiger partial charge in [-0.05, 0) is 24.3 Å². The average molecular weight is 333 g/mol. The molecule has 0 radical (unpaired) electrons. The molecule has 0 unspecified atom stereocenters. The van der Waals surface area contributed by atoms with E-state index in [-0.39, 0.29) is 30.0 Å². The Morgan fingerprint density at radius 1 is 1.08 bits per heavy atom. The van der Waals surface area contributed by atoms with Gasteiger partial charge in [0.05, 0.1) is 6.33 Å². The number of nitrogens with zero attached hydrogens (tertiary/aromatic N) is 2. The maximum absolute atomic E-state index is 12.6. The van der Waals surface area contributed by atoms with Gasteiger partial charge < -0.3 is 9.73 Å². The predicted octanol–water partition coefficient (Wildman–Crippen LogP) is 3.17. The second-order valence-corrected chi connectivity index (χ2v) is 5.68. The molecule has 6 heteroatoms. The number of aromatic nitrogens is 2. The molecule has 124 valence electrons. The number of benzene rings is 2. The fourth-order valence-electron chi connectivity index (χ4n) is 2.74. The second kappa shape index (κ2) is 6.24. The van der Waals surface area contributed by atoms with Crippen molar-refractivity contribution in [2.75, 3.05) is 5.32 Å². The molecule has 4 aromatic rings. The fraction of sp³-hybridized carbons (Fsp3) is 0.105. The van der Waals surface area contributed by atoms with E-state index in [2.05, 4.69) is 10.3 Å². The monoisotopic (exact) mass is 333 g/mol. The molecular formula is C19H15N3O3. The summed E-state index contributed by atoms with van der Waals surface area (Å²) in [5.41, 5.74) is 1.83. The Bertz CT molecular complexity index is 1110. The van der Waals surface area contributed by atoms with Crippen molar-refractivity contribution in [2.24, 2.45) is 0 Å². The zero-order chi connectivity index (χ0) is 17.2. The molecule has 0 bridgehead atoms. The molecule has 1 N–H and O–H groups in total. The van der Waals surface area contributed by atoms with E-state index in [0.717, 1.165) is 11.1 Å². The van der Waals surface area contributed by atoms with E-state index < -0.39 is 0 Å². The first kappa shape index (κ1) is 15.1. The Balaban J connectivity index is 1.55. The van der Waals surface area contributed by atoms with Gasteiger partial charge in [0.1, 0.15) is 11.1 Å². The van der Waals surface area contributed by atoms with Crippen LogP contribution in [0.5, 0.6) is 0 Å². The normalized spacial score (nSPS) is 11.0. The molecular weight excluding hydrogens is 318 g/mol. The topological polar surface area (TPSA) is 77.1 Å². The first-order valence-corrected chi connectivity index (χ1v) is 7.94. The van der Waals surface area contributed by atoms with Crippen molar-refractivity contribution in [2.45, 2.75) is 13.0 Å². The molecule has 0 fully saturated rings. The van der Waals surface area contributed by atoms with Crippen LogP contribution in [0.2, 0.25) is 0 Å². The van der Waals surface area contributed by atoms with Crippen LogP contribution in [0.15, 0.2) is 70.1 Å². The Hall–Kier alpha value is -3.41. The summed E-state index contributed by atoms with van der Waals surface area (Å²) in [4.78, 5) is 28.9. The van der Waals surface area contributed by atoms with Crippen molar-refractivity contribution in [3.8, 4) is 0 Å². The lowest BCUT2D eigenvalue weighted by molar-refractivity contribution is -0.116. The number of nitrogens with one attached hydrogen (secondary N) is 1. The van der Waals surface area contributed by atoms with Gasteiger partial charge in [-0.1, -0.05) is 30.3 Å². The van der Waals surface area contributed by atoms with Gasteiger partial charge in [0, 0.05) is 24.0 Å². The van der Waals surface area contributed by atoms with E-state index in [1.165, 1.54) is 10.9 Å². The zero-order valence-electron chi connectivity index (χ0n) is 13.3. The Morgan fingerprint density at radius 3 is 2.68 bits per heavy atom. The third-order valence-electron chi connectivity index (χ3n) is 3.99. The maximum atomic E-state index is 12.6. The number of carbonyl (C=O) groups excluding carboxylic acids is 1. The summed E-state index contributed by atoms with van der Waals surface area (Å²) in [6.07, 6.45) is 1.63. The van der Waals surface area contributed by atoms with Gasteiger partial charge in [-0.25, -0.2) is 4.98 Å². The lowest BCUT2D eigenvalue weighted by Gasteiger charge is -2.06. The van der Waals surface area contributed by atoms with Gasteiger partial charge in [-0.2, -0.15) is 0 Å². The van der Waals surface area contributed by atoms with Crippen molar-refractivity contribution in [3.05, 3.63) is 71.3 Å². The van der Waals surface area contributed by atoms with Crippen LogP contribution in [0, 0.1) is 0 Å². The number of rotatable bonds is 4. The molecule has 2 aromatic heterocycles. The number of carbonyl (C=O) groups is 1. The van der Waals surface area contributed by atoms with Crippen molar-refractivity contribution in [3.63, 3.8) is 0 Å². The number of hydrogen-bond donors (Lipinski definition) is 1. The Morgan fingerprint density at radius 2 is 1.84 bits per heavy atom. The van der Waals surface area contributed by atoms with E-state index in [0.29, 0.717) is 11.1 Å². The maximum Gasteiger partial charge on any atom is 0.297 e. The number of furan rings is 1. The average Bonchev–Trinajstić information content (AvgIpc) is 3.02. The van der Waals surface area contributed by atoms with Gasteiger partial charge in [-0.15, -0.1) is 0 Å². The van der Waals surface area contributed by atoms with Crippen LogP contribution < -0.4 is 10.9 Å². The highest BCUT2D eigenvalue weighted by molar-refractivity contribution is 6.01. The highest BCUT2D eigenvalue weighted by atomic mass is 16.3. The van der Waals surface area contributed by atoms with Crippen LogP contribution in [0.3, 0.4) is 0 Å². The molecule has 0 aliphatic rings. The summed E-state index contributed by atoms with van der Waals surface area (Å²) in [5.74, 6) is -0.164. The molecule has 2 aromatic carbocycles. The smallest absolute Gasteiger partial charge is 0.297 e. The number of amides is 1. The minimum absolute atomic E-state index is 0.164. The van der Waals surface area contributed by atoms with E-state index in [1.807, 2.05) is 48.5 Å². The third-order valence-corrected chi connectivity index (χ3v) is 3.99. The van der Waals surface area contributed by atoms with Gasteiger partial charge in [-0.3, -0.25) is 14.2 Å². The van der Waals surface area contributed by atoms with Crippen LogP contribution in [0.25, 0.3) is 22.1 Å². The SMILES string of the molecule is O=C(CCn1cnc2c(oc3ccccc32)c1=O)Nc1ccccc1. The van der Waals surface area contributed by atoms with Crippen LogP contribution in [-0.2, 0) is 11.3 Å². The van der Waals surface area contributed by atoms with E-state index in [9.17, 15) is 9.59 Å². The molecule has 0 aliphatic carbocycles. The highest BCUT2D eigenvalue weighted by Gasteiger charge is 2.13. The molecule has 0 saturated heterocycles. The van der Waals surface area contributed by atoms with Crippen molar-refractivity contribution in [1.29, 1.82) is 0 Å². The van der Waals surface area contributed by atoms with Crippen LogP contribution in [0.1, 0.15) is 6.42 Å². The number of para-hydroxylation sites is 2. The third kappa shape index (κ3) is 2.89. The molecule has 0 spiro atoms. The first-order chi connectivity index (χ1) is 12.2. The lowest BCUT2D eigenvalue weighted by atomic mass is 10.2. The molecule has 25 heavy (non-hydrogen) atoms. The molecule has 6 nitrogen and oxygen atoms in total. The number of fused-ring (bicyclic) bond motifs is 3. The van der Waals surface area contributed by atoms with Gasteiger partial charge in [0.15, 0.2) is 0 Å². The summed E-state index contributed by atoms with van der Waals surface area (Å²) in [7, 11) is 0. The summed E-state index contributed by atoms with van der Waals surface area (Å²) in [6, 6.07) is 16.6. The van der Waals surface area contributed by atoms with Crippen molar-refractivity contribution in [1.82, 2.24) is 9.55 Å². The van der Waals surface area contributed by atoms with Gasteiger partial charge in [0.25, 0.3) is 5.56 Å².